The van der Waals surface area contributed by atoms with Crippen molar-refractivity contribution >= 4 is 11.7 Å². The van der Waals surface area contributed by atoms with Crippen LogP contribution in [-0.4, -0.2) is 51.9 Å². The van der Waals surface area contributed by atoms with E-state index in [4.69, 9.17) is 5.11 Å². The fourth-order valence-electron chi connectivity index (χ4n) is 1.27. The predicted octanol–water partition coefficient (Wildman–Crippen LogP) is 1.43. The number of aliphatic hydroxyl groups is 1. The summed E-state index contributed by atoms with van der Waals surface area (Å²) in [6.45, 7) is 1.00. The first-order valence-electron chi connectivity index (χ1n) is 5.81. The van der Waals surface area contributed by atoms with Crippen molar-refractivity contribution in [1.82, 2.24) is 14.9 Å². The van der Waals surface area contributed by atoms with Gasteiger partial charge in [-0.3, -0.25) is 0 Å². The second kappa shape index (κ2) is 6.51. The van der Waals surface area contributed by atoms with Crippen LogP contribution in [0.2, 0.25) is 0 Å². The number of carbonyl (C=O) groups is 1. The van der Waals surface area contributed by atoms with Crippen molar-refractivity contribution < 1.29 is 23.1 Å². The van der Waals surface area contributed by atoms with Crippen LogP contribution in [-0.2, 0) is 6.42 Å². The molecule has 1 aromatic rings. The molecule has 1 heterocycles. The summed E-state index contributed by atoms with van der Waals surface area (Å²) in [6, 6.07) is -0.791. The SMILES string of the molecule is CCc1ncc(NC(=O)N(C)CC(O)C(F)(F)F)cn1. The van der Waals surface area contributed by atoms with Crippen LogP contribution in [0.15, 0.2) is 12.4 Å². The number of rotatable bonds is 4. The van der Waals surface area contributed by atoms with E-state index in [1.165, 1.54) is 12.4 Å². The van der Waals surface area contributed by atoms with Crippen LogP contribution in [0.1, 0.15) is 12.7 Å². The van der Waals surface area contributed by atoms with Gasteiger partial charge in [0.15, 0.2) is 6.10 Å². The Morgan fingerprint density at radius 1 is 1.45 bits per heavy atom. The minimum Gasteiger partial charge on any atom is -0.382 e. The van der Waals surface area contributed by atoms with E-state index in [0.717, 1.165) is 11.9 Å². The second-order valence-electron chi connectivity index (χ2n) is 4.11. The highest BCUT2D eigenvalue weighted by Crippen LogP contribution is 2.20. The highest BCUT2D eigenvalue weighted by molar-refractivity contribution is 5.88. The fourth-order valence-corrected chi connectivity index (χ4v) is 1.27. The molecule has 1 atom stereocenters. The molecule has 0 radical (unpaired) electrons. The monoisotopic (exact) mass is 292 g/mol. The smallest absolute Gasteiger partial charge is 0.382 e. The van der Waals surface area contributed by atoms with E-state index in [2.05, 4.69) is 15.3 Å². The first kappa shape index (κ1) is 16.2. The highest BCUT2D eigenvalue weighted by Gasteiger charge is 2.39. The topological polar surface area (TPSA) is 78.4 Å². The van der Waals surface area contributed by atoms with Gasteiger partial charge in [-0.05, 0) is 0 Å². The van der Waals surface area contributed by atoms with Gasteiger partial charge < -0.3 is 15.3 Å². The molecule has 2 amide bonds. The second-order valence-corrected chi connectivity index (χ2v) is 4.11. The van der Waals surface area contributed by atoms with Crippen molar-refractivity contribution in [1.29, 1.82) is 0 Å². The van der Waals surface area contributed by atoms with E-state index in [9.17, 15) is 18.0 Å². The molecule has 0 fully saturated rings. The van der Waals surface area contributed by atoms with Gasteiger partial charge in [0.1, 0.15) is 5.82 Å². The number of amides is 2. The standard InChI is InChI=1S/C11H15F3N4O2/c1-3-9-15-4-7(5-16-9)17-10(20)18(2)6-8(19)11(12,13)14/h4-5,8,19H,3,6H2,1-2H3,(H,17,20). The van der Waals surface area contributed by atoms with Crippen molar-refractivity contribution in [3.8, 4) is 0 Å². The van der Waals surface area contributed by atoms with Crippen LogP contribution >= 0.6 is 0 Å². The normalized spacial score (nSPS) is 12.9. The molecule has 0 spiro atoms. The lowest BCUT2D eigenvalue weighted by molar-refractivity contribution is -0.205. The zero-order valence-corrected chi connectivity index (χ0v) is 11.0. The van der Waals surface area contributed by atoms with Crippen molar-refractivity contribution in [2.75, 3.05) is 18.9 Å². The molecule has 1 rings (SSSR count). The summed E-state index contributed by atoms with van der Waals surface area (Å²) in [5.74, 6) is 0.587. The third-order valence-corrected chi connectivity index (χ3v) is 2.44. The van der Waals surface area contributed by atoms with Crippen LogP contribution in [0.3, 0.4) is 0 Å². The molecule has 0 aliphatic carbocycles. The molecule has 0 saturated heterocycles. The fraction of sp³-hybridized carbons (Fsp3) is 0.545. The molecule has 0 saturated carbocycles. The Morgan fingerprint density at radius 3 is 2.45 bits per heavy atom. The van der Waals surface area contributed by atoms with Gasteiger partial charge in [0.2, 0.25) is 0 Å². The van der Waals surface area contributed by atoms with E-state index in [1.54, 1.807) is 0 Å². The number of urea groups is 1. The van der Waals surface area contributed by atoms with Crippen LogP contribution in [0.5, 0.6) is 0 Å². The molecule has 1 unspecified atom stereocenters. The van der Waals surface area contributed by atoms with Crippen LogP contribution in [0.25, 0.3) is 0 Å². The maximum atomic E-state index is 12.2. The number of hydrogen-bond donors (Lipinski definition) is 2. The lowest BCUT2D eigenvalue weighted by atomic mass is 10.3. The molecule has 0 aliphatic heterocycles. The summed E-state index contributed by atoms with van der Waals surface area (Å²) in [7, 11) is 1.14. The largest absolute Gasteiger partial charge is 0.416 e. The molecule has 0 aliphatic rings. The minimum atomic E-state index is -4.76. The lowest BCUT2D eigenvalue weighted by Crippen LogP contribution is -2.43. The zero-order valence-electron chi connectivity index (χ0n) is 11.0. The Bertz CT molecular complexity index is 450. The van der Waals surface area contributed by atoms with Gasteiger partial charge in [-0.1, -0.05) is 6.92 Å². The summed E-state index contributed by atoms with van der Waals surface area (Å²) in [4.78, 5) is 20.2. The number of carbonyl (C=O) groups excluding carboxylic acids is 1. The van der Waals surface area contributed by atoms with Gasteiger partial charge >= 0.3 is 12.2 Å². The average molecular weight is 292 g/mol. The number of alkyl halides is 3. The van der Waals surface area contributed by atoms with Gasteiger partial charge in [0.25, 0.3) is 0 Å². The maximum Gasteiger partial charge on any atom is 0.416 e. The summed E-state index contributed by atoms with van der Waals surface area (Å²) >= 11 is 0. The number of nitrogens with zero attached hydrogens (tertiary/aromatic N) is 3. The molecule has 9 heteroatoms. The Hall–Kier alpha value is -1.90. The maximum absolute atomic E-state index is 12.2. The number of anilines is 1. The molecule has 0 bridgehead atoms. The molecule has 1 aromatic heterocycles. The first-order valence-corrected chi connectivity index (χ1v) is 5.81. The Morgan fingerprint density at radius 2 is 2.00 bits per heavy atom. The number of nitrogens with one attached hydrogen (secondary N) is 1. The Balaban J connectivity index is 2.57. The van der Waals surface area contributed by atoms with Crippen molar-refractivity contribution in [3.05, 3.63) is 18.2 Å². The third-order valence-electron chi connectivity index (χ3n) is 2.44. The van der Waals surface area contributed by atoms with Crippen molar-refractivity contribution in [3.63, 3.8) is 0 Å². The van der Waals surface area contributed by atoms with Crippen LogP contribution in [0, 0.1) is 0 Å². The van der Waals surface area contributed by atoms with E-state index >= 15 is 0 Å². The predicted molar refractivity (Wildman–Crippen MR) is 65.1 cm³/mol. The number of halogens is 3. The number of aliphatic hydroxyl groups excluding tert-OH is 1. The third kappa shape index (κ3) is 4.65. The summed E-state index contributed by atoms with van der Waals surface area (Å²) < 4.78 is 36.5. The van der Waals surface area contributed by atoms with E-state index < -0.39 is 24.9 Å². The van der Waals surface area contributed by atoms with Gasteiger partial charge in [-0.25, -0.2) is 14.8 Å². The molecular weight excluding hydrogens is 277 g/mol. The van der Waals surface area contributed by atoms with Gasteiger partial charge in [0, 0.05) is 13.5 Å². The quantitative estimate of drug-likeness (QED) is 0.880. The molecule has 2 N–H and O–H groups in total. The number of aryl methyl sites for hydroxylation is 1. The lowest BCUT2D eigenvalue weighted by Gasteiger charge is -2.22. The van der Waals surface area contributed by atoms with Gasteiger partial charge in [-0.2, -0.15) is 13.2 Å². The summed E-state index contributed by atoms with van der Waals surface area (Å²) in [5.41, 5.74) is 0.264. The number of aromatic nitrogens is 2. The Kier molecular flexibility index (Phi) is 5.26. The molecule has 20 heavy (non-hydrogen) atoms. The van der Waals surface area contributed by atoms with Gasteiger partial charge in [0.05, 0.1) is 24.6 Å². The van der Waals surface area contributed by atoms with E-state index in [-0.39, 0.29) is 5.69 Å². The van der Waals surface area contributed by atoms with E-state index in [1.807, 2.05) is 6.92 Å². The highest BCUT2D eigenvalue weighted by atomic mass is 19.4. The molecule has 6 nitrogen and oxygen atoms in total. The molecule has 0 aromatic carbocycles. The average Bonchev–Trinajstić information content (AvgIpc) is 2.38. The zero-order chi connectivity index (χ0) is 15.3. The van der Waals surface area contributed by atoms with Crippen molar-refractivity contribution in [2.24, 2.45) is 0 Å². The van der Waals surface area contributed by atoms with Crippen LogP contribution in [0.4, 0.5) is 23.7 Å². The Labute approximate surface area is 113 Å². The summed E-state index contributed by atoms with van der Waals surface area (Å²) in [6.07, 6.45) is -4.00. The van der Waals surface area contributed by atoms with Gasteiger partial charge in [-0.15, -0.1) is 0 Å². The number of hydrogen-bond acceptors (Lipinski definition) is 4. The molecule has 112 valence electrons. The van der Waals surface area contributed by atoms with E-state index in [0.29, 0.717) is 12.2 Å². The summed E-state index contributed by atoms with van der Waals surface area (Å²) in [5, 5.41) is 11.2. The first-order chi connectivity index (χ1) is 9.24. The van der Waals surface area contributed by atoms with Crippen molar-refractivity contribution in [2.45, 2.75) is 25.6 Å². The minimum absolute atomic E-state index is 0.264. The number of likely N-dealkylation sites (N-methyl/N-ethyl adjacent to an activating group) is 1. The molecular formula is C11H15F3N4O2. The van der Waals surface area contributed by atoms with Crippen LogP contribution < -0.4 is 5.32 Å².